The number of rotatable bonds is 7. The van der Waals surface area contributed by atoms with E-state index >= 15 is 0 Å². The molecule has 4 nitrogen and oxygen atoms in total. The molecule has 0 aliphatic heterocycles. The summed E-state index contributed by atoms with van der Waals surface area (Å²) in [7, 11) is -3.08. The summed E-state index contributed by atoms with van der Waals surface area (Å²) in [5.74, 6) is 0.770. The van der Waals surface area contributed by atoms with Crippen molar-refractivity contribution in [3.8, 4) is 5.75 Å². The lowest BCUT2D eigenvalue weighted by Crippen LogP contribution is -2.23. The Morgan fingerprint density at radius 2 is 1.90 bits per heavy atom. The van der Waals surface area contributed by atoms with Gasteiger partial charge in [0.25, 0.3) is 0 Å². The van der Waals surface area contributed by atoms with Gasteiger partial charge in [-0.3, -0.25) is 0 Å². The summed E-state index contributed by atoms with van der Waals surface area (Å²) in [5.41, 5.74) is 7.84. The molecule has 120 valence electrons. The van der Waals surface area contributed by atoms with Crippen molar-refractivity contribution < 1.29 is 13.2 Å². The third-order valence-corrected chi connectivity index (χ3v) is 5.82. The van der Waals surface area contributed by atoms with Crippen molar-refractivity contribution in [2.45, 2.75) is 45.4 Å². The first-order valence-corrected chi connectivity index (χ1v) is 9.53. The molecule has 2 N–H and O–H groups in total. The predicted molar refractivity (Wildman–Crippen MR) is 90.7 cm³/mol. The second-order valence-electron chi connectivity index (χ2n) is 5.66. The van der Waals surface area contributed by atoms with Gasteiger partial charge in [-0.05, 0) is 57.4 Å². The Hall–Kier alpha value is -0.590. The fourth-order valence-corrected chi connectivity index (χ4v) is 3.41. The molecule has 0 saturated heterocycles. The van der Waals surface area contributed by atoms with Crippen molar-refractivity contribution in [1.82, 2.24) is 0 Å². The standard InChI is InChI=1S/C15H24BrNO3S/c1-10(2)21(18,19)6-5-20-15-11(3)7-14(16)9-13(15)8-12(4)17/h7,9-10,12H,5-6,8,17H2,1-4H3. The maximum Gasteiger partial charge on any atom is 0.155 e. The molecule has 6 heteroatoms. The highest BCUT2D eigenvalue weighted by molar-refractivity contribution is 9.10. The molecule has 1 atom stereocenters. The van der Waals surface area contributed by atoms with Crippen LogP contribution in [0, 0.1) is 6.92 Å². The molecule has 0 heterocycles. The molecular formula is C15H24BrNO3S. The number of halogens is 1. The quantitative estimate of drug-likeness (QED) is 0.792. The highest BCUT2D eigenvalue weighted by Gasteiger charge is 2.17. The van der Waals surface area contributed by atoms with E-state index < -0.39 is 9.84 Å². The van der Waals surface area contributed by atoms with Crippen LogP contribution < -0.4 is 10.5 Å². The van der Waals surface area contributed by atoms with Crippen LogP contribution in [0.2, 0.25) is 0 Å². The molecule has 0 aliphatic rings. The van der Waals surface area contributed by atoms with E-state index in [0.29, 0.717) is 6.42 Å². The van der Waals surface area contributed by atoms with Crippen LogP contribution in [0.15, 0.2) is 16.6 Å². The summed E-state index contributed by atoms with van der Waals surface area (Å²) in [6.45, 7) is 7.41. The molecule has 0 amide bonds. The maximum absolute atomic E-state index is 11.8. The smallest absolute Gasteiger partial charge is 0.155 e. The Labute approximate surface area is 136 Å². The van der Waals surface area contributed by atoms with Gasteiger partial charge in [0.15, 0.2) is 9.84 Å². The zero-order valence-corrected chi connectivity index (χ0v) is 15.4. The van der Waals surface area contributed by atoms with Gasteiger partial charge in [0.2, 0.25) is 0 Å². The van der Waals surface area contributed by atoms with Crippen LogP contribution in [0.25, 0.3) is 0 Å². The lowest BCUT2D eigenvalue weighted by Gasteiger charge is -2.17. The normalized spacial score (nSPS) is 13.5. The molecule has 0 aromatic heterocycles. The van der Waals surface area contributed by atoms with Gasteiger partial charge in [-0.15, -0.1) is 0 Å². The van der Waals surface area contributed by atoms with Crippen molar-refractivity contribution in [3.05, 3.63) is 27.7 Å². The molecule has 0 radical (unpaired) electrons. The van der Waals surface area contributed by atoms with Gasteiger partial charge in [0, 0.05) is 10.5 Å². The topological polar surface area (TPSA) is 69.4 Å². The molecule has 0 aliphatic carbocycles. The molecule has 1 aromatic rings. The first kappa shape index (κ1) is 18.5. The van der Waals surface area contributed by atoms with Gasteiger partial charge >= 0.3 is 0 Å². The van der Waals surface area contributed by atoms with Gasteiger partial charge < -0.3 is 10.5 Å². The van der Waals surface area contributed by atoms with Gasteiger partial charge in [0.1, 0.15) is 12.4 Å². The predicted octanol–water partition coefficient (Wildman–Crippen LogP) is 2.85. The van der Waals surface area contributed by atoms with Crippen molar-refractivity contribution in [2.75, 3.05) is 12.4 Å². The second kappa shape index (κ2) is 7.61. The zero-order chi connectivity index (χ0) is 16.2. The van der Waals surface area contributed by atoms with Crippen LogP contribution in [-0.2, 0) is 16.3 Å². The van der Waals surface area contributed by atoms with Gasteiger partial charge in [-0.2, -0.15) is 0 Å². The first-order valence-electron chi connectivity index (χ1n) is 7.02. The summed E-state index contributed by atoms with van der Waals surface area (Å²) in [5, 5.41) is -0.379. The minimum absolute atomic E-state index is 0.0143. The highest BCUT2D eigenvalue weighted by atomic mass is 79.9. The fourth-order valence-electron chi connectivity index (χ4n) is 2.00. The molecule has 1 unspecified atom stereocenters. The molecular weight excluding hydrogens is 354 g/mol. The SMILES string of the molecule is Cc1cc(Br)cc(CC(C)N)c1OCCS(=O)(=O)C(C)C. The highest BCUT2D eigenvalue weighted by Crippen LogP contribution is 2.29. The van der Waals surface area contributed by atoms with E-state index in [1.165, 1.54) is 0 Å². The molecule has 0 bridgehead atoms. The summed E-state index contributed by atoms with van der Waals surface area (Å²) in [6, 6.07) is 3.94. The van der Waals surface area contributed by atoms with Crippen molar-refractivity contribution >= 4 is 25.8 Å². The maximum atomic E-state index is 11.8. The number of aryl methyl sites for hydroxylation is 1. The monoisotopic (exact) mass is 377 g/mol. The Morgan fingerprint density at radius 3 is 2.43 bits per heavy atom. The summed E-state index contributed by atoms with van der Waals surface area (Å²) >= 11 is 3.46. The van der Waals surface area contributed by atoms with Crippen LogP contribution in [0.4, 0.5) is 0 Å². The van der Waals surface area contributed by atoms with E-state index in [2.05, 4.69) is 15.9 Å². The van der Waals surface area contributed by atoms with Crippen LogP contribution >= 0.6 is 15.9 Å². The van der Waals surface area contributed by atoms with E-state index in [9.17, 15) is 8.42 Å². The van der Waals surface area contributed by atoms with Crippen LogP contribution in [0.1, 0.15) is 31.9 Å². The van der Waals surface area contributed by atoms with E-state index in [0.717, 1.165) is 21.3 Å². The first-order chi connectivity index (χ1) is 9.63. The average Bonchev–Trinajstić information content (AvgIpc) is 2.31. The Morgan fingerprint density at radius 1 is 1.29 bits per heavy atom. The number of hydrogen-bond acceptors (Lipinski definition) is 4. The number of benzene rings is 1. The van der Waals surface area contributed by atoms with E-state index in [1.807, 2.05) is 26.0 Å². The van der Waals surface area contributed by atoms with Gasteiger partial charge in [-0.25, -0.2) is 8.42 Å². The van der Waals surface area contributed by atoms with Crippen LogP contribution in [0.3, 0.4) is 0 Å². The van der Waals surface area contributed by atoms with Crippen LogP contribution in [-0.4, -0.2) is 32.1 Å². The van der Waals surface area contributed by atoms with E-state index in [4.69, 9.17) is 10.5 Å². The molecule has 1 aromatic carbocycles. The summed E-state index contributed by atoms with van der Waals surface area (Å²) in [6.07, 6.45) is 0.687. The van der Waals surface area contributed by atoms with Gasteiger partial charge in [0.05, 0.1) is 11.0 Å². The number of nitrogens with two attached hydrogens (primary N) is 1. The summed E-state index contributed by atoms with van der Waals surface area (Å²) < 4.78 is 30.4. The average molecular weight is 378 g/mol. The minimum atomic E-state index is -3.08. The summed E-state index contributed by atoms with van der Waals surface area (Å²) in [4.78, 5) is 0. The molecule has 21 heavy (non-hydrogen) atoms. The second-order valence-corrected chi connectivity index (χ2v) is 9.25. The molecule has 0 saturated carbocycles. The van der Waals surface area contributed by atoms with Gasteiger partial charge in [-0.1, -0.05) is 15.9 Å². The van der Waals surface area contributed by atoms with Crippen molar-refractivity contribution in [3.63, 3.8) is 0 Å². The largest absolute Gasteiger partial charge is 0.492 e. The van der Waals surface area contributed by atoms with Crippen LogP contribution in [0.5, 0.6) is 5.75 Å². The molecule has 0 fully saturated rings. The lowest BCUT2D eigenvalue weighted by molar-refractivity contribution is 0.333. The fraction of sp³-hybridized carbons (Fsp3) is 0.600. The number of hydrogen-bond donors (Lipinski definition) is 1. The Kier molecular flexibility index (Phi) is 6.69. The van der Waals surface area contributed by atoms with Crippen molar-refractivity contribution in [2.24, 2.45) is 5.73 Å². The molecule has 1 rings (SSSR count). The Balaban J connectivity index is 2.87. The van der Waals surface area contributed by atoms with Crippen molar-refractivity contribution in [1.29, 1.82) is 0 Å². The molecule has 0 spiro atoms. The Bertz CT molecular complexity index is 583. The third kappa shape index (κ3) is 5.60. The third-order valence-electron chi connectivity index (χ3n) is 3.19. The zero-order valence-electron chi connectivity index (χ0n) is 13.0. The number of ether oxygens (including phenoxy) is 1. The lowest BCUT2D eigenvalue weighted by atomic mass is 10.0. The van der Waals surface area contributed by atoms with E-state index in [1.54, 1.807) is 13.8 Å². The minimum Gasteiger partial charge on any atom is -0.492 e. The number of sulfone groups is 1. The van der Waals surface area contributed by atoms with E-state index in [-0.39, 0.29) is 23.7 Å².